The number of fused-ring (bicyclic) bond motifs is 1. The Morgan fingerprint density at radius 3 is 2.50 bits per heavy atom. The number of rotatable bonds is 6. The standard InChI is InChI=1S/C28H32N4O4/c1-19-3-7-21(8-4-19)25-16-32-18-30-26(24(32)17-36-25)28(34)31-13-11-22(12-14-31)27(33)29-15-20-5-9-23(35-2)10-6-20/h3-10,18,22,25H,11-17H2,1-2H3,(H,29,33)/t25-/m1/s1. The molecule has 2 aromatic carbocycles. The molecule has 2 aliphatic rings. The average molecular weight is 489 g/mol. The van der Waals surface area contributed by atoms with Crippen LogP contribution in [0.5, 0.6) is 5.75 Å². The van der Waals surface area contributed by atoms with Gasteiger partial charge < -0.3 is 24.3 Å². The highest BCUT2D eigenvalue weighted by Gasteiger charge is 2.32. The van der Waals surface area contributed by atoms with Gasteiger partial charge >= 0.3 is 0 Å². The van der Waals surface area contributed by atoms with E-state index in [9.17, 15) is 9.59 Å². The van der Waals surface area contributed by atoms with E-state index in [4.69, 9.17) is 9.47 Å². The van der Waals surface area contributed by atoms with Gasteiger partial charge in [-0.3, -0.25) is 9.59 Å². The minimum atomic E-state index is -0.0955. The SMILES string of the molecule is COc1ccc(CNC(=O)C2CCN(C(=O)c3ncn4c3CO[C@@H](c3ccc(C)cc3)C4)CC2)cc1. The Labute approximate surface area is 211 Å². The lowest BCUT2D eigenvalue weighted by atomic mass is 9.95. The van der Waals surface area contributed by atoms with Gasteiger partial charge in [-0.25, -0.2) is 4.98 Å². The number of ether oxygens (including phenoxy) is 2. The fourth-order valence-electron chi connectivity index (χ4n) is 4.86. The Hall–Kier alpha value is -3.65. The van der Waals surface area contributed by atoms with Crippen LogP contribution in [0.2, 0.25) is 0 Å². The van der Waals surface area contributed by atoms with Crippen molar-refractivity contribution in [3.8, 4) is 5.75 Å². The first-order valence-electron chi connectivity index (χ1n) is 12.4. The maximum atomic E-state index is 13.2. The Kier molecular flexibility index (Phi) is 7.04. The molecule has 0 saturated carbocycles. The lowest BCUT2D eigenvalue weighted by Crippen LogP contribution is -2.43. The maximum Gasteiger partial charge on any atom is 0.274 e. The molecule has 8 heteroatoms. The minimum Gasteiger partial charge on any atom is -0.497 e. The van der Waals surface area contributed by atoms with E-state index in [1.54, 1.807) is 13.4 Å². The van der Waals surface area contributed by atoms with Gasteiger partial charge in [0.2, 0.25) is 5.91 Å². The van der Waals surface area contributed by atoms with Crippen LogP contribution in [0.3, 0.4) is 0 Å². The van der Waals surface area contributed by atoms with E-state index in [0.717, 1.165) is 22.6 Å². The van der Waals surface area contributed by atoms with Crippen LogP contribution in [-0.4, -0.2) is 46.5 Å². The second kappa shape index (κ2) is 10.5. The summed E-state index contributed by atoms with van der Waals surface area (Å²) in [5, 5.41) is 3.02. The van der Waals surface area contributed by atoms with Gasteiger partial charge in [0, 0.05) is 25.6 Å². The van der Waals surface area contributed by atoms with Crippen molar-refractivity contribution in [1.82, 2.24) is 19.8 Å². The number of nitrogens with zero attached hydrogens (tertiary/aromatic N) is 3. The van der Waals surface area contributed by atoms with Gasteiger partial charge in [0.05, 0.1) is 32.3 Å². The molecule has 2 amide bonds. The van der Waals surface area contributed by atoms with E-state index in [0.29, 0.717) is 51.3 Å². The zero-order valence-electron chi connectivity index (χ0n) is 20.8. The maximum absolute atomic E-state index is 13.2. The predicted octanol–water partition coefficient (Wildman–Crippen LogP) is 3.64. The van der Waals surface area contributed by atoms with Crippen molar-refractivity contribution in [2.75, 3.05) is 20.2 Å². The van der Waals surface area contributed by atoms with Gasteiger partial charge in [0.1, 0.15) is 11.9 Å². The zero-order chi connectivity index (χ0) is 25.1. The molecule has 0 unspecified atom stereocenters. The summed E-state index contributed by atoms with van der Waals surface area (Å²) in [6.45, 7) is 4.61. The minimum absolute atomic E-state index is 0.0350. The number of carbonyl (C=O) groups is 2. The number of imidazole rings is 1. The molecule has 5 rings (SSSR count). The van der Waals surface area contributed by atoms with Crippen LogP contribution >= 0.6 is 0 Å². The number of benzene rings is 2. The van der Waals surface area contributed by atoms with Crippen LogP contribution in [0.25, 0.3) is 0 Å². The van der Waals surface area contributed by atoms with Crippen LogP contribution in [-0.2, 0) is 29.2 Å². The first-order valence-corrected chi connectivity index (χ1v) is 12.4. The summed E-state index contributed by atoms with van der Waals surface area (Å²) in [6.07, 6.45) is 2.97. The molecule has 36 heavy (non-hydrogen) atoms. The molecule has 188 valence electrons. The average Bonchev–Trinajstić information content (AvgIpc) is 3.35. The third-order valence-corrected chi connectivity index (χ3v) is 7.16. The van der Waals surface area contributed by atoms with E-state index < -0.39 is 0 Å². The molecule has 8 nitrogen and oxygen atoms in total. The highest BCUT2D eigenvalue weighted by atomic mass is 16.5. The van der Waals surface area contributed by atoms with Crippen molar-refractivity contribution < 1.29 is 19.1 Å². The molecule has 1 saturated heterocycles. The first-order chi connectivity index (χ1) is 17.5. The third-order valence-electron chi connectivity index (χ3n) is 7.16. The summed E-state index contributed by atoms with van der Waals surface area (Å²) in [5.41, 5.74) is 4.64. The number of carbonyl (C=O) groups excluding carboxylic acids is 2. The molecule has 1 atom stereocenters. The molecule has 0 bridgehead atoms. The van der Waals surface area contributed by atoms with Gasteiger partial charge in [0.25, 0.3) is 5.91 Å². The highest BCUT2D eigenvalue weighted by Crippen LogP contribution is 2.29. The van der Waals surface area contributed by atoms with E-state index in [1.165, 1.54) is 5.56 Å². The molecule has 3 heterocycles. The van der Waals surface area contributed by atoms with E-state index in [-0.39, 0.29) is 23.8 Å². The first kappa shape index (κ1) is 24.1. The molecule has 1 N–H and O–H groups in total. The van der Waals surface area contributed by atoms with E-state index in [2.05, 4.69) is 41.5 Å². The van der Waals surface area contributed by atoms with Crippen LogP contribution in [0.4, 0.5) is 0 Å². The molecular weight excluding hydrogens is 456 g/mol. The Bertz CT molecular complexity index is 1210. The zero-order valence-corrected chi connectivity index (χ0v) is 20.8. The molecule has 2 aliphatic heterocycles. The number of hydrogen-bond donors (Lipinski definition) is 1. The van der Waals surface area contributed by atoms with Gasteiger partial charge in [-0.05, 0) is 43.0 Å². The molecule has 0 spiro atoms. The predicted molar refractivity (Wildman–Crippen MR) is 134 cm³/mol. The number of aromatic nitrogens is 2. The topological polar surface area (TPSA) is 85.7 Å². The Morgan fingerprint density at radius 2 is 1.81 bits per heavy atom. The fraction of sp³-hybridized carbons (Fsp3) is 0.393. The largest absolute Gasteiger partial charge is 0.497 e. The molecule has 1 fully saturated rings. The van der Waals surface area contributed by atoms with Crippen LogP contribution in [0.1, 0.15) is 51.8 Å². The van der Waals surface area contributed by atoms with Gasteiger partial charge in [-0.1, -0.05) is 42.0 Å². The quantitative estimate of drug-likeness (QED) is 0.573. The number of methoxy groups -OCH3 is 1. The summed E-state index contributed by atoms with van der Waals surface area (Å²) in [7, 11) is 1.63. The van der Waals surface area contributed by atoms with E-state index in [1.807, 2.05) is 33.7 Å². The summed E-state index contributed by atoms with van der Waals surface area (Å²) in [4.78, 5) is 32.2. The number of nitrogens with one attached hydrogen (secondary N) is 1. The Balaban J connectivity index is 1.14. The number of likely N-dealkylation sites (tertiary alicyclic amines) is 1. The second-order valence-corrected chi connectivity index (χ2v) is 9.53. The Morgan fingerprint density at radius 1 is 1.08 bits per heavy atom. The second-order valence-electron chi connectivity index (χ2n) is 9.53. The number of aryl methyl sites for hydroxylation is 1. The van der Waals surface area contributed by atoms with Crippen molar-refractivity contribution in [2.45, 2.75) is 45.6 Å². The van der Waals surface area contributed by atoms with Crippen LogP contribution < -0.4 is 10.1 Å². The molecule has 0 aliphatic carbocycles. The summed E-state index contributed by atoms with van der Waals surface area (Å²) in [6, 6.07) is 16.0. The van der Waals surface area contributed by atoms with Gasteiger partial charge in [-0.2, -0.15) is 0 Å². The monoisotopic (exact) mass is 488 g/mol. The lowest BCUT2D eigenvalue weighted by Gasteiger charge is -2.31. The van der Waals surface area contributed by atoms with Crippen LogP contribution in [0.15, 0.2) is 54.9 Å². The third kappa shape index (κ3) is 5.14. The van der Waals surface area contributed by atoms with E-state index >= 15 is 0 Å². The number of hydrogen-bond acceptors (Lipinski definition) is 5. The molecular formula is C28H32N4O4. The molecule has 1 aromatic heterocycles. The molecule has 3 aromatic rings. The van der Waals surface area contributed by atoms with Gasteiger partial charge in [0.15, 0.2) is 5.69 Å². The fourth-order valence-corrected chi connectivity index (χ4v) is 4.86. The van der Waals surface area contributed by atoms with Crippen molar-refractivity contribution in [3.05, 3.63) is 82.9 Å². The normalized spacial score (nSPS) is 17.9. The van der Waals surface area contributed by atoms with Crippen molar-refractivity contribution in [1.29, 1.82) is 0 Å². The number of amides is 2. The summed E-state index contributed by atoms with van der Waals surface area (Å²) < 4.78 is 13.3. The number of piperidine rings is 1. The van der Waals surface area contributed by atoms with Crippen molar-refractivity contribution in [2.24, 2.45) is 5.92 Å². The summed E-state index contributed by atoms with van der Waals surface area (Å²) >= 11 is 0. The van der Waals surface area contributed by atoms with Crippen LogP contribution in [0, 0.1) is 12.8 Å². The van der Waals surface area contributed by atoms with Crippen molar-refractivity contribution >= 4 is 11.8 Å². The molecule has 0 radical (unpaired) electrons. The lowest BCUT2D eigenvalue weighted by molar-refractivity contribution is -0.126. The summed E-state index contributed by atoms with van der Waals surface area (Å²) in [5.74, 6) is 0.645. The van der Waals surface area contributed by atoms with Crippen molar-refractivity contribution in [3.63, 3.8) is 0 Å². The smallest absolute Gasteiger partial charge is 0.274 e. The van der Waals surface area contributed by atoms with Gasteiger partial charge in [-0.15, -0.1) is 0 Å². The highest BCUT2D eigenvalue weighted by molar-refractivity contribution is 5.93.